The SMILES string of the molecule is C=CCCCCCC(C=C)NC(=O)O. The van der Waals surface area contributed by atoms with Gasteiger partial charge in [0, 0.05) is 0 Å². The van der Waals surface area contributed by atoms with Crippen LogP contribution in [0.2, 0.25) is 0 Å². The number of hydrogen-bond acceptors (Lipinski definition) is 1. The topological polar surface area (TPSA) is 49.3 Å². The summed E-state index contributed by atoms with van der Waals surface area (Å²) in [6.45, 7) is 7.23. The lowest BCUT2D eigenvalue weighted by atomic mass is 10.1. The summed E-state index contributed by atoms with van der Waals surface area (Å²) in [7, 11) is 0. The molecule has 1 unspecified atom stereocenters. The van der Waals surface area contributed by atoms with Crippen molar-refractivity contribution in [3.63, 3.8) is 0 Å². The molecule has 3 nitrogen and oxygen atoms in total. The molecule has 1 amide bonds. The van der Waals surface area contributed by atoms with Crippen molar-refractivity contribution < 1.29 is 9.90 Å². The molecule has 0 aromatic heterocycles. The summed E-state index contributed by atoms with van der Waals surface area (Å²) in [4.78, 5) is 10.3. The van der Waals surface area contributed by atoms with Gasteiger partial charge in [0.1, 0.15) is 0 Å². The fourth-order valence-corrected chi connectivity index (χ4v) is 1.24. The second kappa shape index (κ2) is 8.35. The number of carboxylic acid groups (broad SMARTS) is 1. The van der Waals surface area contributed by atoms with Crippen LogP contribution in [-0.4, -0.2) is 17.2 Å². The number of hydrogen-bond donors (Lipinski definition) is 2. The fraction of sp³-hybridized carbons (Fsp3) is 0.545. The van der Waals surface area contributed by atoms with E-state index in [4.69, 9.17) is 5.11 Å². The molecule has 80 valence electrons. The van der Waals surface area contributed by atoms with E-state index in [-0.39, 0.29) is 6.04 Å². The molecule has 1 atom stereocenters. The monoisotopic (exact) mass is 197 g/mol. The molecule has 0 radical (unpaired) electrons. The zero-order chi connectivity index (χ0) is 10.8. The van der Waals surface area contributed by atoms with Crippen molar-refractivity contribution in [2.75, 3.05) is 0 Å². The Morgan fingerprint density at radius 3 is 2.57 bits per heavy atom. The van der Waals surface area contributed by atoms with Gasteiger partial charge in [-0.1, -0.05) is 25.0 Å². The predicted octanol–water partition coefficient (Wildman–Crippen LogP) is 2.95. The molecule has 0 rings (SSSR count). The van der Waals surface area contributed by atoms with Crippen molar-refractivity contribution in [1.82, 2.24) is 5.32 Å². The molecular weight excluding hydrogens is 178 g/mol. The minimum atomic E-state index is -0.985. The summed E-state index contributed by atoms with van der Waals surface area (Å²) in [6.07, 6.45) is 7.67. The number of amides is 1. The molecule has 14 heavy (non-hydrogen) atoms. The summed E-state index contributed by atoms with van der Waals surface area (Å²) < 4.78 is 0. The lowest BCUT2D eigenvalue weighted by molar-refractivity contribution is 0.191. The first-order valence-corrected chi connectivity index (χ1v) is 4.93. The Morgan fingerprint density at radius 1 is 1.36 bits per heavy atom. The molecule has 0 spiro atoms. The van der Waals surface area contributed by atoms with E-state index in [1.165, 1.54) is 0 Å². The molecule has 3 heteroatoms. The highest BCUT2D eigenvalue weighted by Gasteiger charge is 2.05. The second-order valence-corrected chi connectivity index (χ2v) is 3.22. The van der Waals surface area contributed by atoms with Gasteiger partial charge in [-0.3, -0.25) is 0 Å². The molecule has 0 aromatic rings. The third-order valence-electron chi connectivity index (χ3n) is 2.02. The van der Waals surface area contributed by atoms with Gasteiger partial charge >= 0.3 is 6.09 Å². The standard InChI is InChI=1S/C11H19NO2/c1-3-5-6-7-8-9-10(4-2)12-11(13)14/h3-4,10,12H,1-2,5-9H2,(H,13,14). The fourth-order valence-electron chi connectivity index (χ4n) is 1.24. The maximum absolute atomic E-state index is 10.3. The van der Waals surface area contributed by atoms with Gasteiger partial charge in [0.25, 0.3) is 0 Å². The first-order valence-electron chi connectivity index (χ1n) is 4.93. The molecule has 0 bridgehead atoms. The summed E-state index contributed by atoms with van der Waals surface area (Å²) in [5.41, 5.74) is 0. The molecule has 0 fully saturated rings. The van der Waals surface area contributed by atoms with E-state index in [0.717, 1.165) is 32.1 Å². The van der Waals surface area contributed by atoms with Crippen LogP contribution >= 0.6 is 0 Å². The van der Waals surface area contributed by atoms with Gasteiger partial charge in [0.05, 0.1) is 6.04 Å². The van der Waals surface area contributed by atoms with Gasteiger partial charge in [0.15, 0.2) is 0 Å². The predicted molar refractivity (Wildman–Crippen MR) is 58.4 cm³/mol. The third-order valence-corrected chi connectivity index (χ3v) is 2.02. The minimum Gasteiger partial charge on any atom is -0.465 e. The second-order valence-electron chi connectivity index (χ2n) is 3.22. The van der Waals surface area contributed by atoms with Gasteiger partial charge < -0.3 is 10.4 Å². The van der Waals surface area contributed by atoms with Crippen molar-refractivity contribution in [2.45, 2.75) is 38.1 Å². The quantitative estimate of drug-likeness (QED) is 0.464. The van der Waals surface area contributed by atoms with Crippen molar-refractivity contribution in [3.8, 4) is 0 Å². The first kappa shape index (κ1) is 12.8. The van der Waals surface area contributed by atoms with Crippen LogP contribution in [0, 0.1) is 0 Å². The Hall–Kier alpha value is -1.25. The molecule has 0 saturated heterocycles. The molecular formula is C11H19NO2. The van der Waals surface area contributed by atoms with E-state index in [2.05, 4.69) is 18.5 Å². The molecule has 0 aromatic carbocycles. The van der Waals surface area contributed by atoms with Crippen LogP contribution < -0.4 is 5.32 Å². The number of nitrogens with one attached hydrogen (secondary N) is 1. The normalized spacial score (nSPS) is 11.7. The lowest BCUT2D eigenvalue weighted by Gasteiger charge is -2.11. The van der Waals surface area contributed by atoms with Gasteiger partial charge in [-0.15, -0.1) is 13.2 Å². The zero-order valence-corrected chi connectivity index (χ0v) is 8.54. The summed E-state index contributed by atoms with van der Waals surface area (Å²) in [6, 6.07) is -0.115. The smallest absolute Gasteiger partial charge is 0.405 e. The van der Waals surface area contributed by atoms with Crippen LogP contribution in [0.3, 0.4) is 0 Å². The molecule has 0 heterocycles. The molecule has 0 aliphatic heterocycles. The highest BCUT2D eigenvalue weighted by Crippen LogP contribution is 2.06. The summed E-state index contributed by atoms with van der Waals surface area (Å²) in [5.74, 6) is 0. The maximum atomic E-state index is 10.3. The van der Waals surface area contributed by atoms with E-state index < -0.39 is 6.09 Å². The third kappa shape index (κ3) is 7.40. The van der Waals surface area contributed by atoms with E-state index in [1.807, 2.05) is 6.08 Å². The van der Waals surface area contributed by atoms with Crippen molar-refractivity contribution >= 4 is 6.09 Å². The van der Waals surface area contributed by atoms with Gasteiger partial charge in [-0.25, -0.2) is 4.79 Å². The first-order chi connectivity index (χ1) is 6.70. The largest absolute Gasteiger partial charge is 0.465 e. The molecule has 0 aliphatic carbocycles. The minimum absolute atomic E-state index is 0.115. The van der Waals surface area contributed by atoms with E-state index in [9.17, 15) is 4.79 Å². The number of allylic oxidation sites excluding steroid dienone is 1. The summed E-state index contributed by atoms with van der Waals surface area (Å²) >= 11 is 0. The van der Waals surface area contributed by atoms with Crippen LogP contribution in [0.15, 0.2) is 25.3 Å². The Morgan fingerprint density at radius 2 is 2.07 bits per heavy atom. The van der Waals surface area contributed by atoms with E-state index >= 15 is 0 Å². The average molecular weight is 197 g/mol. The van der Waals surface area contributed by atoms with Gasteiger partial charge in [0.2, 0.25) is 0 Å². The van der Waals surface area contributed by atoms with Crippen LogP contribution in [0.1, 0.15) is 32.1 Å². The van der Waals surface area contributed by atoms with Gasteiger partial charge in [-0.05, 0) is 19.3 Å². The highest BCUT2D eigenvalue weighted by atomic mass is 16.4. The van der Waals surface area contributed by atoms with Crippen molar-refractivity contribution in [3.05, 3.63) is 25.3 Å². The van der Waals surface area contributed by atoms with Gasteiger partial charge in [-0.2, -0.15) is 0 Å². The number of carbonyl (C=O) groups is 1. The Labute approximate surface area is 85.5 Å². The van der Waals surface area contributed by atoms with Crippen molar-refractivity contribution in [1.29, 1.82) is 0 Å². The maximum Gasteiger partial charge on any atom is 0.405 e. The molecule has 2 N–H and O–H groups in total. The van der Waals surface area contributed by atoms with Crippen LogP contribution in [0.4, 0.5) is 4.79 Å². The van der Waals surface area contributed by atoms with E-state index in [1.54, 1.807) is 6.08 Å². The molecule has 0 aliphatic rings. The lowest BCUT2D eigenvalue weighted by Crippen LogP contribution is -2.31. The zero-order valence-electron chi connectivity index (χ0n) is 8.54. The number of unbranched alkanes of at least 4 members (excludes halogenated alkanes) is 3. The van der Waals surface area contributed by atoms with Crippen LogP contribution in [0.5, 0.6) is 0 Å². The Bertz CT molecular complexity index is 190. The van der Waals surface area contributed by atoms with Crippen LogP contribution in [0.25, 0.3) is 0 Å². The van der Waals surface area contributed by atoms with Crippen LogP contribution in [-0.2, 0) is 0 Å². The average Bonchev–Trinajstić information content (AvgIpc) is 2.15. The summed E-state index contributed by atoms with van der Waals surface area (Å²) in [5, 5.41) is 10.9. The number of rotatable bonds is 8. The van der Waals surface area contributed by atoms with E-state index in [0.29, 0.717) is 0 Å². The highest BCUT2D eigenvalue weighted by molar-refractivity contribution is 5.65. The van der Waals surface area contributed by atoms with Crippen molar-refractivity contribution in [2.24, 2.45) is 0 Å². The Kier molecular flexibility index (Phi) is 7.61. The molecule has 0 saturated carbocycles. The Balaban J connectivity index is 3.47.